The average molecular weight is 381 g/mol. The van der Waals surface area contributed by atoms with Gasteiger partial charge in [-0.2, -0.15) is 0 Å². The van der Waals surface area contributed by atoms with Crippen LogP contribution >= 0.6 is 0 Å². The molecule has 0 heterocycles. The van der Waals surface area contributed by atoms with Crippen LogP contribution in [0.4, 0.5) is 13.2 Å². The Kier molecular flexibility index (Phi) is 11.9. The predicted octanol–water partition coefficient (Wildman–Crippen LogP) is 7.45. The van der Waals surface area contributed by atoms with Gasteiger partial charge >= 0.3 is 6.36 Å². The molecule has 1 N–H and O–H groups in total. The summed E-state index contributed by atoms with van der Waals surface area (Å²) >= 11 is 0. The lowest BCUT2D eigenvalue weighted by molar-refractivity contribution is -0.274. The molecule has 2 aromatic rings. The van der Waals surface area contributed by atoms with Gasteiger partial charge in [-0.25, -0.2) is 0 Å². The smallest absolute Gasteiger partial charge is 0.406 e. The van der Waals surface area contributed by atoms with E-state index in [4.69, 9.17) is 5.41 Å². The lowest BCUT2D eigenvalue weighted by Gasteiger charge is -2.14. The largest absolute Gasteiger partial charge is 0.573 e. The summed E-state index contributed by atoms with van der Waals surface area (Å²) in [7, 11) is 0. The number of aryl methyl sites for hydroxylation is 2. The predicted molar refractivity (Wildman–Crippen MR) is 108 cm³/mol. The standard InChI is InChI=1S/C18H19F3O.C2H5N.C2H6/c1-3-5-16-12-15(10-11-17(16)22-18(19,20)21)14-8-6-13(4-2)7-9-14;1-2-3;1-2/h6-12H,3-5H2,1-2H3;2-3H,1H3;1-2H3. The van der Waals surface area contributed by atoms with Crippen LogP contribution in [0.1, 0.15) is 52.2 Å². The maximum absolute atomic E-state index is 12.4. The molecule has 150 valence electrons. The lowest BCUT2D eigenvalue weighted by atomic mass is 9.99. The Morgan fingerprint density at radius 1 is 0.963 bits per heavy atom. The van der Waals surface area contributed by atoms with Crippen molar-refractivity contribution >= 4 is 6.21 Å². The van der Waals surface area contributed by atoms with Crippen LogP contribution in [0.25, 0.3) is 11.1 Å². The Balaban J connectivity index is 0.00000123. The van der Waals surface area contributed by atoms with Gasteiger partial charge in [-0.3, -0.25) is 0 Å². The highest BCUT2D eigenvalue weighted by Gasteiger charge is 2.32. The molecule has 2 rings (SSSR count). The molecule has 0 atom stereocenters. The Morgan fingerprint density at radius 3 is 1.93 bits per heavy atom. The second-order valence-electron chi connectivity index (χ2n) is 5.46. The van der Waals surface area contributed by atoms with Crippen LogP contribution in [0.2, 0.25) is 0 Å². The molecule has 2 nitrogen and oxygen atoms in total. The normalized spacial score (nSPS) is 10.1. The van der Waals surface area contributed by atoms with Gasteiger partial charge in [0, 0.05) is 0 Å². The number of hydrogen-bond acceptors (Lipinski definition) is 2. The van der Waals surface area contributed by atoms with Gasteiger partial charge in [0.1, 0.15) is 5.75 Å². The quantitative estimate of drug-likeness (QED) is 0.536. The van der Waals surface area contributed by atoms with Gasteiger partial charge in [-0.15, -0.1) is 13.2 Å². The summed E-state index contributed by atoms with van der Waals surface area (Å²) in [4.78, 5) is 0. The molecule has 0 saturated carbocycles. The van der Waals surface area contributed by atoms with Crippen molar-refractivity contribution in [3.63, 3.8) is 0 Å². The van der Waals surface area contributed by atoms with Crippen LogP contribution in [-0.2, 0) is 12.8 Å². The van der Waals surface area contributed by atoms with Crippen LogP contribution in [0.3, 0.4) is 0 Å². The second kappa shape index (κ2) is 13.0. The molecule has 0 aliphatic rings. The molecule has 0 amide bonds. The highest BCUT2D eigenvalue weighted by Crippen LogP contribution is 2.31. The highest BCUT2D eigenvalue weighted by molar-refractivity contribution is 5.66. The molecule has 0 aliphatic carbocycles. The molecule has 0 fully saturated rings. The van der Waals surface area contributed by atoms with Gasteiger partial charge in [-0.05, 0) is 60.4 Å². The molecule has 27 heavy (non-hydrogen) atoms. The van der Waals surface area contributed by atoms with E-state index in [0.717, 1.165) is 24.0 Å². The van der Waals surface area contributed by atoms with Crippen molar-refractivity contribution < 1.29 is 17.9 Å². The third-order valence-corrected chi connectivity index (χ3v) is 3.50. The van der Waals surface area contributed by atoms with E-state index in [1.54, 1.807) is 19.1 Å². The van der Waals surface area contributed by atoms with Crippen molar-refractivity contribution in [1.82, 2.24) is 0 Å². The topological polar surface area (TPSA) is 33.1 Å². The van der Waals surface area contributed by atoms with E-state index < -0.39 is 6.36 Å². The van der Waals surface area contributed by atoms with E-state index in [0.29, 0.717) is 12.0 Å². The molecule has 0 unspecified atom stereocenters. The summed E-state index contributed by atoms with van der Waals surface area (Å²) in [5.74, 6) is -0.108. The maximum Gasteiger partial charge on any atom is 0.573 e. The van der Waals surface area contributed by atoms with Crippen molar-refractivity contribution in [2.24, 2.45) is 0 Å². The fraction of sp³-hybridized carbons (Fsp3) is 0.409. The fourth-order valence-corrected chi connectivity index (χ4v) is 2.38. The van der Waals surface area contributed by atoms with Gasteiger partial charge in [-0.1, -0.05) is 64.4 Å². The molecule has 0 spiro atoms. The van der Waals surface area contributed by atoms with E-state index in [1.807, 2.05) is 45.0 Å². The van der Waals surface area contributed by atoms with Crippen LogP contribution in [0, 0.1) is 5.41 Å². The van der Waals surface area contributed by atoms with E-state index in [-0.39, 0.29) is 5.75 Å². The van der Waals surface area contributed by atoms with Gasteiger partial charge in [0.15, 0.2) is 0 Å². The summed E-state index contributed by atoms with van der Waals surface area (Å²) in [5.41, 5.74) is 3.71. The van der Waals surface area contributed by atoms with Crippen LogP contribution < -0.4 is 4.74 Å². The molecule has 0 saturated heterocycles. The van der Waals surface area contributed by atoms with Crippen LogP contribution in [0.15, 0.2) is 42.5 Å². The summed E-state index contributed by atoms with van der Waals surface area (Å²) in [6.07, 6.45) is -1.15. The first kappa shape index (κ1) is 24.7. The first-order valence-corrected chi connectivity index (χ1v) is 9.27. The Bertz CT molecular complexity index is 664. The highest BCUT2D eigenvalue weighted by atomic mass is 19.4. The van der Waals surface area contributed by atoms with Gasteiger partial charge in [0.25, 0.3) is 0 Å². The van der Waals surface area contributed by atoms with Crippen molar-refractivity contribution in [2.45, 2.75) is 60.2 Å². The van der Waals surface area contributed by atoms with Crippen LogP contribution in [0.5, 0.6) is 5.75 Å². The zero-order chi connectivity index (χ0) is 20.9. The Labute approximate surface area is 160 Å². The van der Waals surface area contributed by atoms with Crippen molar-refractivity contribution in [1.29, 1.82) is 5.41 Å². The molecular formula is C22H30F3NO. The van der Waals surface area contributed by atoms with E-state index in [1.165, 1.54) is 17.8 Å². The molecule has 0 aromatic heterocycles. The van der Waals surface area contributed by atoms with Crippen LogP contribution in [-0.4, -0.2) is 12.6 Å². The Morgan fingerprint density at radius 2 is 1.48 bits per heavy atom. The van der Waals surface area contributed by atoms with E-state index in [2.05, 4.69) is 11.7 Å². The average Bonchev–Trinajstić information content (AvgIpc) is 2.65. The molecule has 5 heteroatoms. The molecule has 0 bridgehead atoms. The van der Waals surface area contributed by atoms with E-state index in [9.17, 15) is 13.2 Å². The van der Waals surface area contributed by atoms with Gasteiger partial charge in [0.2, 0.25) is 0 Å². The number of rotatable bonds is 5. The fourth-order valence-electron chi connectivity index (χ4n) is 2.38. The Hall–Kier alpha value is -2.30. The summed E-state index contributed by atoms with van der Waals surface area (Å²) in [6, 6.07) is 12.9. The summed E-state index contributed by atoms with van der Waals surface area (Å²) in [5, 5.41) is 6.08. The third-order valence-electron chi connectivity index (χ3n) is 3.50. The monoisotopic (exact) mass is 381 g/mol. The number of alkyl halides is 3. The number of halogens is 3. The zero-order valence-corrected chi connectivity index (χ0v) is 16.8. The second-order valence-corrected chi connectivity index (χ2v) is 5.46. The number of benzene rings is 2. The third kappa shape index (κ3) is 9.27. The zero-order valence-electron chi connectivity index (χ0n) is 16.8. The minimum atomic E-state index is -4.66. The number of nitrogens with one attached hydrogen (secondary N) is 1. The summed E-state index contributed by atoms with van der Waals surface area (Å²) < 4.78 is 41.5. The van der Waals surface area contributed by atoms with E-state index >= 15 is 0 Å². The molecule has 0 radical (unpaired) electrons. The molecule has 2 aromatic carbocycles. The van der Waals surface area contributed by atoms with Crippen molar-refractivity contribution in [2.75, 3.05) is 0 Å². The lowest BCUT2D eigenvalue weighted by Crippen LogP contribution is -2.18. The van der Waals surface area contributed by atoms with Gasteiger partial charge in [0.05, 0.1) is 0 Å². The first-order chi connectivity index (χ1) is 12.8. The molecule has 0 aliphatic heterocycles. The number of ether oxygens (including phenoxy) is 1. The summed E-state index contributed by atoms with van der Waals surface area (Å²) in [6.45, 7) is 9.68. The van der Waals surface area contributed by atoms with Crippen molar-refractivity contribution in [3.05, 3.63) is 53.6 Å². The molecular weight excluding hydrogens is 351 g/mol. The van der Waals surface area contributed by atoms with Gasteiger partial charge < -0.3 is 10.1 Å². The number of hydrogen-bond donors (Lipinski definition) is 1. The minimum Gasteiger partial charge on any atom is -0.406 e. The maximum atomic E-state index is 12.4. The van der Waals surface area contributed by atoms with Crippen molar-refractivity contribution in [3.8, 4) is 16.9 Å². The first-order valence-electron chi connectivity index (χ1n) is 9.27. The SMILES string of the molecule is CC.CC=N.CCCc1cc(-c2ccc(CC)cc2)ccc1OC(F)(F)F. The minimum absolute atomic E-state index is 0.108.